The van der Waals surface area contributed by atoms with E-state index >= 15 is 0 Å². The lowest BCUT2D eigenvalue weighted by Crippen LogP contribution is -2.46. The number of nitrogens with two attached hydrogens (primary N) is 1. The van der Waals surface area contributed by atoms with Crippen molar-refractivity contribution in [2.45, 2.75) is 75.9 Å². The molecular formula is C14H27NO. The summed E-state index contributed by atoms with van der Waals surface area (Å²) in [5, 5.41) is 0. The first-order valence-electron chi connectivity index (χ1n) is 7.06. The van der Waals surface area contributed by atoms with Crippen LogP contribution in [0.15, 0.2) is 0 Å². The molecule has 16 heavy (non-hydrogen) atoms. The van der Waals surface area contributed by atoms with Crippen molar-refractivity contribution in [1.29, 1.82) is 0 Å². The Balaban J connectivity index is 1.83. The summed E-state index contributed by atoms with van der Waals surface area (Å²) in [5.41, 5.74) is 6.57. The molecule has 0 bridgehead atoms. The quantitative estimate of drug-likeness (QED) is 0.745. The molecule has 0 aromatic heterocycles. The maximum absolute atomic E-state index is 6.41. The largest absolute Gasteiger partial charge is 0.378 e. The third-order valence-electron chi connectivity index (χ3n) is 4.81. The van der Waals surface area contributed by atoms with Crippen LogP contribution in [0.25, 0.3) is 0 Å². The van der Waals surface area contributed by atoms with Crippen LogP contribution in [0, 0.1) is 5.92 Å². The van der Waals surface area contributed by atoms with Gasteiger partial charge in [-0.25, -0.2) is 0 Å². The van der Waals surface area contributed by atoms with Crippen LogP contribution in [-0.2, 0) is 4.74 Å². The van der Waals surface area contributed by atoms with Crippen molar-refractivity contribution in [2.75, 3.05) is 7.11 Å². The number of methoxy groups -OCH3 is 1. The van der Waals surface area contributed by atoms with Crippen molar-refractivity contribution in [2.24, 2.45) is 11.7 Å². The van der Waals surface area contributed by atoms with Crippen LogP contribution >= 0.6 is 0 Å². The van der Waals surface area contributed by atoms with Crippen LogP contribution < -0.4 is 5.73 Å². The molecule has 0 amide bonds. The topological polar surface area (TPSA) is 35.2 Å². The third kappa shape index (κ3) is 2.78. The summed E-state index contributed by atoms with van der Waals surface area (Å²) in [4.78, 5) is 0. The highest BCUT2D eigenvalue weighted by Gasteiger charge is 2.39. The van der Waals surface area contributed by atoms with Gasteiger partial charge in [0.1, 0.15) is 0 Å². The highest BCUT2D eigenvalue weighted by atomic mass is 16.5. The van der Waals surface area contributed by atoms with Crippen LogP contribution in [0.4, 0.5) is 0 Å². The fraction of sp³-hybridized carbons (Fsp3) is 1.00. The third-order valence-corrected chi connectivity index (χ3v) is 4.81. The molecule has 0 spiro atoms. The highest BCUT2D eigenvalue weighted by Crippen LogP contribution is 2.40. The monoisotopic (exact) mass is 225 g/mol. The molecule has 2 saturated carbocycles. The van der Waals surface area contributed by atoms with Gasteiger partial charge in [-0.2, -0.15) is 0 Å². The van der Waals surface area contributed by atoms with Gasteiger partial charge in [-0.1, -0.05) is 25.7 Å². The molecule has 94 valence electrons. The minimum Gasteiger partial charge on any atom is -0.378 e. The Morgan fingerprint density at radius 2 is 1.75 bits per heavy atom. The minimum absolute atomic E-state index is 0.158. The van der Waals surface area contributed by atoms with Gasteiger partial charge < -0.3 is 10.5 Å². The molecule has 0 aromatic rings. The van der Waals surface area contributed by atoms with Crippen LogP contribution in [0.2, 0.25) is 0 Å². The average molecular weight is 225 g/mol. The first kappa shape index (κ1) is 12.4. The van der Waals surface area contributed by atoms with Gasteiger partial charge in [0.05, 0.1) is 5.60 Å². The summed E-state index contributed by atoms with van der Waals surface area (Å²) < 4.78 is 5.69. The predicted octanol–water partition coefficient (Wildman–Crippen LogP) is 3.24. The van der Waals surface area contributed by atoms with Crippen molar-refractivity contribution in [3.05, 3.63) is 0 Å². The van der Waals surface area contributed by atoms with E-state index in [1.165, 1.54) is 57.8 Å². The molecule has 0 aliphatic heterocycles. The van der Waals surface area contributed by atoms with Gasteiger partial charge >= 0.3 is 0 Å². The Morgan fingerprint density at radius 3 is 2.19 bits per heavy atom. The Hall–Kier alpha value is -0.0800. The number of hydrogen-bond donors (Lipinski definition) is 1. The molecule has 0 saturated heterocycles. The standard InChI is InChI=1S/C14H27NO/c1-16-14(9-6-10-14)11-13(15)12-7-4-2-3-5-8-12/h12-13H,2-11,15H2,1H3. The van der Waals surface area contributed by atoms with E-state index in [1.54, 1.807) is 0 Å². The Morgan fingerprint density at radius 1 is 1.12 bits per heavy atom. The molecular weight excluding hydrogens is 198 g/mol. The van der Waals surface area contributed by atoms with E-state index in [-0.39, 0.29) is 5.60 Å². The first-order valence-corrected chi connectivity index (χ1v) is 7.06. The molecule has 0 aromatic carbocycles. The fourth-order valence-corrected chi connectivity index (χ4v) is 3.40. The van der Waals surface area contributed by atoms with Gasteiger partial charge in [-0.05, 0) is 44.4 Å². The second-order valence-electron chi connectivity index (χ2n) is 5.86. The van der Waals surface area contributed by atoms with Gasteiger partial charge in [0.15, 0.2) is 0 Å². The van der Waals surface area contributed by atoms with E-state index in [4.69, 9.17) is 10.5 Å². The summed E-state index contributed by atoms with van der Waals surface area (Å²) in [7, 11) is 1.86. The van der Waals surface area contributed by atoms with Gasteiger partial charge in [-0.3, -0.25) is 0 Å². The lowest BCUT2D eigenvalue weighted by Gasteiger charge is -2.43. The number of rotatable bonds is 4. The Labute approximate surface area is 99.9 Å². The number of hydrogen-bond acceptors (Lipinski definition) is 2. The van der Waals surface area contributed by atoms with Gasteiger partial charge in [0.2, 0.25) is 0 Å². The first-order chi connectivity index (χ1) is 7.76. The normalized spacial score (nSPS) is 28.1. The minimum atomic E-state index is 0.158. The second kappa shape index (κ2) is 5.50. The van der Waals surface area contributed by atoms with E-state index in [0.717, 1.165) is 12.3 Å². The molecule has 1 unspecified atom stereocenters. The lowest BCUT2D eigenvalue weighted by atomic mass is 9.73. The maximum Gasteiger partial charge on any atom is 0.0693 e. The SMILES string of the molecule is COC1(CC(N)C2CCCCCC2)CCC1. The zero-order valence-electron chi connectivity index (χ0n) is 10.7. The smallest absolute Gasteiger partial charge is 0.0693 e. The predicted molar refractivity (Wildman–Crippen MR) is 67.4 cm³/mol. The molecule has 2 fully saturated rings. The zero-order chi connectivity index (χ0) is 11.4. The van der Waals surface area contributed by atoms with Crippen molar-refractivity contribution in [1.82, 2.24) is 0 Å². The molecule has 2 nitrogen and oxygen atoms in total. The van der Waals surface area contributed by atoms with Crippen LogP contribution in [-0.4, -0.2) is 18.8 Å². The summed E-state index contributed by atoms with van der Waals surface area (Å²) in [6, 6.07) is 0.373. The lowest BCUT2D eigenvalue weighted by molar-refractivity contribution is -0.0847. The summed E-state index contributed by atoms with van der Waals surface area (Å²) in [6.45, 7) is 0. The molecule has 0 radical (unpaired) electrons. The van der Waals surface area contributed by atoms with Gasteiger partial charge in [-0.15, -0.1) is 0 Å². The zero-order valence-corrected chi connectivity index (χ0v) is 10.7. The molecule has 2 N–H and O–H groups in total. The average Bonchev–Trinajstić information content (AvgIpc) is 2.51. The molecule has 0 heterocycles. The van der Waals surface area contributed by atoms with Crippen molar-refractivity contribution in [3.63, 3.8) is 0 Å². The van der Waals surface area contributed by atoms with Crippen molar-refractivity contribution < 1.29 is 4.74 Å². The summed E-state index contributed by atoms with van der Waals surface area (Å²) in [6.07, 6.45) is 13.2. The van der Waals surface area contributed by atoms with E-state index < -0.39 is 0 Å². The summed E-state index contributed by atoms with van der Waals surface area (Å²) >= 11 is 0. The maximum atomic E-state index is 6.41. The molecule has 2 heteroatoms. The fourth-order valence-electron chi connectivity index (χ4n) is 3.40. The van der Waals surface area contributed by atoms with E-state index in [2.05, 4.69) is 0 Å². The Bertz CT molecular complexity index is 199. The molecule has 1 atom stereocenters. The van der Waals surface area contributed by atoms with Gasteiger partial charge in [0.25, 0.3) is 0 Å². The van der Waals surface area contributed by atoms with E-state index in [9.17, 15) is 0 Å². The van der Waals surface area contributed by atoms with Crippen molar-refractivity contribution >= 4 is 0 Å². The van der Waals surface area contributed by atoms with Gasteiger partial charge in [0, 0.05) is 13.2 Å². The van der Waals surface area contributed by atoms with Crippen molar-refractivity contribution in [3.8, 4) is 0 Å². The molecule has 2 aliphatic carbocycles. The number of ether oxygens (including phenoxy) is 1. The molecule has 2 aliphatic rings. The highest BCUT2D eigenvalue weighted by molar-refractivity contribution is 4.94. The van der Waals surface area contributed by atoms with E-state index in [0.29, 0.717) is 6.04 Å². The van der Waals surface area contributed by atoms with Crippen LogP contribution in [0.1, 0.15) is 64.2 Å². The van der Waals surface area contributed by atoms with Crippen LogP contribution in [0.5, 0.6) is 0 Å². The van der Waals surface area contributed by atoms with E-state index in [1.807, 2.05) is 7.11 Å². The second-order valence-corrected chi connectivity index (χ2v) is 5.86. The Kier molecular flexibility index (Phi) is 4.26. The summed E-state index contributed by atoms with van der Waals surface area (Å²) in [5.74, 6) is 0.759. The van der Waals surface area contributed by atoms with Crippen LogP contribution in [0.3, 0.4) is 0 Å². The molecule has 2 rings (SSSR count).